The van der Waals surface area contributed by atoms with Crippen molar-refractivity contribution < 1.29 is 9.63 Å². The molecule has 0 spiro atoms. The van der Waals surface area contributed by atoms with Crippen LogP contribution in [-0.4, -0.2) is 29.2 Å². The third kappa shape index (κ3) is 1.83. The first-order valence-electron chi connectivity index (χ1n) is 7.60. The topological polar surface area (TPSA) is 41.9 Å². The van der Waals surface area contributed by atoms with Crippen LogP contribution in [0.5, 0.6) is 0 Å². The number of hydrogen-bond acceptors (Lipinski definition) is 4. The van der Waals surface area contributed by atoms with E-state index in [0.717, 1.165) is 24.2 Å². The van der Waals surface area contributed by atoms with Crippen molar-refractivity contribution in [1.82, 2.24) is 4.90 Å². The summed E-state index contributed by atoms with van der Waals surface area (Å²) in [5.74, 6) is -0.185. The number of fused-ring (bicyclic) bond motifs is 5. The van der Waals surface area contributed by atoms with Crippen molar-refractivity contribution in [1.29, 1.82) is 0 Å². The van der Waals surface area contributed by atoms with E-state index in [1.54, 1.807) is 11.3 Å². The highest BCUT2D eigenvalue weighted by molar-refractivity contribution is 7.10. The van der Waals surface area contributed by atoms with Gasteiger partial charge >= 0.3 is 0 Å². The van der Waals surface area contributed by atoms with Gasteiger partial charge in [-0.05, 0) is 35.6 Å². The Morgan fingerprint density at radius 2 is 2.09 bits per heavy atom. The van der Waals surface area contributed by atoms with Gasteiger partial charge in [0.05, 0.1) is 6.04 Å². The van der Waals surface area contributed by atoms with Crippen LogP contribution in [0.3, 0.4) is 0 Å². The van der Waals surface area contributed by atoms with Crippen molar-refractivity contribution in [2.45, 2.75) is 18.6 Å². The molecule has 0 bridgehead atoms. The molecule has 2 aromatic rings. The molecule has 23 heavy (non-hydrogen) atoms. The summed E-state index contributed by atoms with van der Waals surface area (Å²) in [6, 6.07) is 9.54. The van der Waals surface area contributed by atoms with E-state index in [1.807, 2.05) is 29.2 Å². The second kappa shape index (κ2) is 4.82. The van der Waals surface area contributed by atoms with Crippen LogP contribution in [0.1, 0.15) is 22.0 Å². The van der Waals surface area contributed by atoms with Gasteiger partial charge in [0, 0.05) is 22.0 Å². The molecule has 0 radical (unpaired) electrons. The molecule has 3 aliphatic heterocycles. The SMILES string of the molecule is O=C1[C@@H]2C(c3ccc(Cl)cc3)=NO[C@@H]2[C@H]2c3ccsc3CCN12. The zero-order chi connectivity index (χ0) is 15.6. The number of rotatable bonds is 1. The molecule has 4 heterocycles. The lowest BCUT2D eigenvalue weighted by Crippen LogP contribution is -2.36. The van der Waals surface area contributed by atoms with E-state index < -0.39 is 0 Å². The fourth-order valence-electron chi connectivity index (χ4n) is 3.87. The van der Waals surface area contributed by atoms with E-state index in [-0.39, 0.29) is 24.0 Å². The maximum Gasteiger partial charge on any atom is 0.236 e. The molecule has 0 saturated carbocycles. The maximum absolute atomic E-state index is 12.9. The van der Waals surface area contributed by atoms with Gasteiger partial charge in [-0.25, -0.2) is 0 Å². The molecule has 3 aliphatic rings. The molecule has 6 heteroatoms. The molecular weight excluding hydrogens is 332 g/mol. The minimum atomic E-state index is -0.313. The van der Waals surface area contributed by atoms with E-state index in [9.17, 15) is 4.79 Å². The van der Waals surface area contributed by atoms with Crippen LogP contribution < -0.4 is 0 Å². The molecule has 0 aliphatic carbocycles. The number of amides is 1. The number of carbonyl (C=O) groups is 1. The quantitative estimate of drug-likeness (QED) is 0.796. The summed E-state index contributed by atoms with van der Waals surface area (Å²) in [4.78, 5) is 22.0. The molecule has 1 saturated heterocycles. The Labute approximate surface area is 142 Å². The second-order valence-electron chi connectivity index (χ2n) is 6.06. The van der Waals surface area contributed by atoms with E-state index in [4.69, 9.17) is 16.4 Å². The maximum atomic E-state index is 12.9. The lowest BCUT2D eigenvalue weighted by Gasteiger charge is -2.31. The third-order valence-corrected chi connectivity index (χ3v) is 6.16. The summed E-state index contributed by atoms with van der Waals surface area (Å²) in [5, 5.41) is 7.02. The predicted octanol–water partition coefficient (Wildman–Crippen LogP) is 3.26. The molecule has 1 amide bonds. The highest BCUT2D eigenvalue weighted by atomic mass is 35.5. The Hall–Kier alpha value is -1.85. The molecule has 3 atom stereocenters. The van der Waals surface area contributed by atoms with E-state index >= 15 is 0 Å². The molecule has 0 unspecified atom stereocenters. The van der Waals surface area contributed by atoms with Gasteiger partial charge in [-0.1, -0.05) is 28.9 Å². The number of oxime groups is 1. The molecule has 1 aromatic carbocycles. The van der Waals surface area contributed by atoms with Crippen molar-refractivity contribution in [2.75, 3.05) is 6.54 Å². The molecule has 5 rings (SSSR count). The second-order valence-corrected chi connectivity index (χ2v) is 7.49. The van der Waals surface area contributed by atoms with Crippen LogP contribution in [0.4, 0.5) is 0 Å². The fraction of sp³-hybridized carbons (Fsp3) is 0.294. The van der Waals surface area contributed by atoms with Gasteiger partial charge in [-0.3, -0.25) is 4.79 Å². The van der Waals surface area contributed by atoms with Gasteiger partial charge in [-0.15, -0.1) is 11.3 Å². The summed E-state index contributed by atoms with van der Waals surface area (Å²) in [5.41, 5.74) is 2.86. The zero-order valence-electron chi connectivity index (χ0n) is 12.1. The zero-order valence-corrected chi connectivity index (χ0v) is 13.7. The first-order chi connectivity index (χ1) is 11.2. The Balaban J connectivity index is 1.55. The minimum absolute atomic E-state index is 0.00366. The van der Waals surface area contributed by atoms with E-state index in [2.05, 4.69) is 16.6 Å². The summed E-state index contributed by atoms with van der Waals surface area (Å²) in [6.45, 7) is 0.765. The van der Waals surface area contributed by atoms with Gasteiger partial charge in [0.15, 0.2) is 6.10 Å². The average Bonchev–Trinajstić information content (AvgIpc) is 3.25. The summed E-state index contributed by atoms with van der Waals surface area (Å²) in [6.07, 6.45) is 0.712. The molecular formula is C17H13ClN2O2S. The highest BCUT2D eigenvalue weighted by Crippen LogP contribution is 2.47. The Morgan fingerprint density at radius 3 is 2.91 bits per heavy atom. The summed E-state index contributed by atoms with van der Waals surface area (Å²) < 4.78 is 0. The lowest BCUT2D eigenvalue weighted by atomic mass is 9.89. The summed E-state index contributed by atoms with van der Waals surface area (Å²) in [7, 11) is 0. The predicted molar refractivity (Wildman–Crippen MR) is 88.8 cm³/mol. The first-order valence-corrected chi connectivity index (χ1v) is 8.86. The van der Waals surface area contributed by atoms with Crippen molar-refractivity contribution in [3.63, 3.8) is 0 Å². The third-order valence-electron chi connectivity index (χ3n) is 4.91. The number of hydrogen-bond donors (Lipinski definition) is 0. The van der Waals surface area contributed by atoms with Crippen LogP contribution in [0.15, 0.2) is 40.9 Å². The van der Waals surface area contributed by atoms with Gasteiger partial charge in [0.2, 0.25) is 5.91 Å². The van der Waals surface area contributed by atoms with Crippen LogP contribution in [0.25, 0.3) is 0 Å². The average molecular weight is 345 g/mol. The van der Waals surface area contributed by atoms with E-state index in [0.29, 0.717) is 5.02 Å². The van der Waals surface area contributed by atoms with Crippen LogP contribution >= 0.6 is 22.9 Å². The van der Waals surface area contributed by atoms with Crippen molar-refractivity contribution in [3.05, 3.63) is 56.7 Å². The smallest absolute Gasteiger partial charge is 0.236 e. The largest absolute Gasteiger partial charge is 0.388 e. The molecule has 116 valence electrons. The molecule has 0 N–H and O–H groups in total. The van der Waals surface area contributed by atoms with Gasteiger partial charge in [0.1, 0.15) is 11.6 Å². The molecule has 1 fully saturated rings. The number of thiophene rings is 1. The molecule has 4 nitrogen and oxygen atoms in total. The minimum Gasteiger partial charge on any atom is -0.388 e. The highest BCUT2D eigenvalue weighted by Gasteiger charge is 2.57. The fourth-order valence-corrected chi connectivity index (χ4v) is 4.91. The Morgan fingerprint density at radius 1 is 1.26 bits per heavy atom. The monoisotopic (exact) mass is 344 g/mol. The standard InChI is InChI=1S/C17H13ClN2O2S/c18-10-3-1-9(2-4-10)14-13-16(22-19-14)15-11-6-8-23-12(11)5-7-20(15)17(13)21/h1-4,6,8,13,15-16H,5,7H2/t13-,15-,16+/m1/s1. The number of carbonyl (C=O) groups excluding carboxylic acids is 1. The number of benzene rings is 1. The van der Waals surface area contributed by atoms with Gasteiger partial charge < -0.3 is 9.74 Å². The van der Waals surface area contributed by atoms with Gasteiger partial charge in [0.25, 0.3) is 0 Å². The first kappa shape index (κ1) is 13.6. The Kier molecular flexibility index (Phi) is 2.85. The van der Waals surface area contributed by atoms with Crippen LogP contribution in [0, 0.1) is 5.92 Å². The van der Waals surface area contributed by atoms with Gasteiger partial charge in [-0.2, -0.15) is 0 Å². The van der Waals surface area contributed by atoms with Crippen molar-refractivity contribution in [3.8, 4) is 0 Å². The lowest BCUT2D eigenvalue weighted by molar-refractivity contribution is -0.130. The number of nitrogens with zero attached hydrogens (tertiary/aromatic N) is 2. The van der Waals surface area contributed by atoms with Crippen molar-refractivity contribution >= 4 is 34.6 Å². The van der Waals surface area contributed by atoms with Crippen molar-refractivity contribution in [2.24, 2.45) is 11.1 Å². The summed E-state index contributed by atoms with van der Waals surface area (Å²) >= 11 is 7.72. The van der Waals surface area contributed by atoms with Crippen LogP contribution in [-0.2, 0) is 16.1 Å². The number of halogens is 1. The molecule has 1 aromatic heterocycles. The van der Waals surface area contributed by atoms with E-state index in [1.165, 1.54) is 10.4 Å². The Bertz CT molecular complexity index is 829. The normalized spacial score (nSPS) is 28.0. The van der Waals surface area contributed by atoms with Crippen LogP contribution in [0.2, 0.25) is 5.02 Å².